The van der Waals surface area contributed by atoms with Crippen LogP contribution in [-0.4, -0.2) is 7.85 Å². The minimum atomic E-state index is 0.100. The van der Waals surface area contributed by atoms with Crippen molar-refractivity contribution in [3.05, 3.63) is 0 Å². The van der Waals surface area contributed by atoms with Crippen molar-refractivity contribution in [3.63, 3.8) is 0 Å². The fraction of sp³-hybridized carbons (Fsp3) is 1.00. The zero-order valence-electron chi connectivity index (χ0n) is 10.4. The number of hydrogen-bond donors (Lipinski definition) is 0. The molecule has 0 heterocycles. The number of hydrogen-bond acceptors (Lipinski definition) is 0. The van der Waals surface area contributed by atoms with Gasteiger partial charge in [0.05, 0.1) is 7.85 Å². The van der Waals surface area contributed by atoms with Crippen molar-refractivity contribution in [2.45, 2.75) is 83.9 Å². The topological polar surface area (TPSA) is 0 Å². The smallest absolute Gasteiger partial charge is 0.0688 e. The van der Waals surface area contributed by atoms with E-state index < -0.39 is 0 Å². The fourth-order valence-corrected chi connectivity index (χ4v) is 1.86. The van der Waals surface area contributed by atoms with Crippen LogP contribution in [0.25, 0.3) is 0 Å². The minimum Gasteiger partial charge on any atom is -0.0688 e. The van der Waals surface area contributed by atoms with Crippen LogP contribution in [0.3, 0.4) is 0 Å². The van der Waals surface area contributed by atoms with E-state index in [2.05, 4.69) is 20.8 Å². The van der Waals surface area contributed by atoms with Crippen molar-refractivity contribution in [1.29, 1.82) is 0 Å². The molecule has 0 aliphatic rings. The molecule has 0 N–H and O–H groups in total. The van der Waals surface area contributed by atoms with Crippen LogP contribution in [0.4, 0.5) is 0 Å². The number of rotatable bonds is 9. The maximum absolute atomic E-state index is 6.24. The van der Waals surface area contributed by atoms with Gasteiger partial charge in [-0.1, -0.05) is 83.9 Å². The van der Waals surface area contributed by atoms with Crippen molar-refractivity contribution in [2.24, 2.45) is 0 Å². The van der Waals surface area contributed by atoms with Crippen molar-refractivity contribution in [3.8, 4) is 0 Å². The lowest BCUT2D eigenvalue weighted by molar-refractivity contribution is 0.459. The summed E-state index contributed by atoms with van der Waals surface area (Å²) in [5, 5.41) is 0.100. The Morgan fingerprint density at radius 3 is 1.71 bits per heavy atom. The summed E-state index contributed by atoms with van der Waals surface area (Å²) in [5.41, 5.74) is 0. The molecule has 82 valence electrons. The molecular formula is C13H27B. The van der Waals surface area contributed by atoms with Crippen molar-refractivity contribution < 1.29 is 0 Å². The Balaban J connectivity index is 3.40. The van der Waals surface area contributed by atoms with E-state index >= 15 is 0 Å². The molecule has 0 rings (SSSR count). The van der Waals surface area contributed by atoms with E-state index in [1.807, 2.05) is 0 Å². The Hall–Kier alpha value is 0.0649. The van der Waals surface area contributed by atoms with E-state index in [0.29, 0.717) is 0 Å². The van der Waals surface area contributed by atoms with Crippen LogP contribution >= 0.6 is 0 Å². The van der Waals surface area contributed by atoms with Gasteiger partial charge in [-0.15, -0.1) is 0 Å². The largest absolute Gasteiger partial charge is 0.0742 e. The summed E-state index contributed by atoms with van der Waals surface area (Å²) in [6.45, 7) is 6.71. The highest BCUT2D eigenvalue weighted by atomic mass is 14.2. The monoisotopic (exact) mass is 194 g/mol. The fourth-order valence-electron chi connectivity index (χ4n) is 1.86. The molecule has 1 heteroatoms. The zero-order valence-corrected chi connectivity index (χ0v) is 10.4. The molecule has 0 saturated heterocycles. The van der Waals surface area contributed by atoms with E-state index in [1.165, 1.54) is 57.8 Å². The molecule has 0 aromatic rings. The first-order chi connectivity index (χ1) is 6.62. The Labute approximate surface area is 92.3 Å². The van der Waals surface area contributed by atoms with Crippen LogP contribution < -0.4 is 0 Å². The van der Waals surface area contributed by atoms with Crippen LogP contribution in [0.5, 0.6) is 0 Å². The van der Waals surface area contributed by atoms with Gasteiger partial charge in [0.15, 0.2) is 0 Å². The average Bonchev–Trinajstić information content (AvgIpc) is 2.13. The van der Waals surface area contributed by atoms with Gasteiger partial charge in [0, 0.05) is 0 Å². The Bertz CT molecular complexity index is 118. The van der Waals surface area contributed by atoms with E-state index in [-0.39, 0.29) is 5.31 Å². The van der Waals surface area contributed by atoms with Crippen molar-refractivity contribution in [2.75, 3.05) is 0 Å². The molecule has 0 amide bonds. The molecule has 1 atom stereocenters. The van der Waals surface area contributed by atoms with Gasteiger partial charge in [-0.05, 0) is 0 Å². The first-order valence-electron chi connectivity index (χ1n) is 6.41. The molecule has 0 fully saturated rings. The van der Waals surface area contributed by atoms with Crippen LogP contribution in [0.1, 0.15) is 78.6 Å². The summed E-state index contributed by atoms with van der Waals surface area (Å²) in [7, 11) is 6.24. The predicted molar refractivity (Wildman–Crippen MR) is 67.0 cm³/mol. The summed E-state index contributed by atoms with van der Waals surface area (Å²) >= 11 is 0. The van der Waals surface area contributed by atoms with Crippen LogP contribution in [-0.2, 0) is 0 Å². The maximum atomic E-state index is 6.24. The summed E-state index contributed by atoms with van der Waals surface area (Å²) in [6, 6.07) is 0. The van der Waals surface area contributed by atoms with Gasteiger partial charge in [-0.2, -0.15) is 0 Å². The highest BCUT2D eigenvalue weighted by Crippen LogP contribution is 2.34. The van der Waals surface area contributed by atoms with Gasteiger partial charge in [-0.3, -0.25) is 0 Å². The molecule has 0 aromatic heterocycles. The van der Waals surface area contributed by atoms with Gasteiger partial charge in [-0.25, -0.2) is 0 Å². The summed E-state index contributed by atoms with van der Waals surface area (Å²) < 4.78 is 0. The SMILES string of the molecule is [B]C(C)(CCCCC)CCCCCC. The minimum absolute atomic E-state index is 0.100. The lowest BCUT2D eigenvalue weighted by Crippen LogP contribution is -2.07. The second-order valence-electron chi connectivity index (χ2n) is 4.92. The Morgan fingerprint density at radius 1 is 0.786 bits per heavy atom. The highest BCUT2D eigenvalue weighted by molar-refractivity contribution is 6.14. The molecule has 1 unspecified atom stereocenters. The molecule has 0 nitrogen and oxygen atoms in total. The second-order valence-corrected chi connectivity index (χ2v) is 4.92. The molecule has 0 spiro atoms. The maximum Gasteiger partial charge on any atom is 0.0742 e. The van der Waals surface area contributed by atoms with Crippen molar-refractivity contribution in [1.82, 2.24) is 0 Å². The molecule has 0 bridgehead atoms. The molecule has 14 heavy (non-hydrogen) atoms. The third-order valence-corrected chi connectivity index (χ3v) is 2.95. The Kier molecular flexibility index (Phi) is 8.42. The first kappa shape index (κ1) is 14.1. The van der Waals surface area contributed by atoms with E-state index in [4.69, 9.17) is 7.85 Å². The molecular weight excluding hydrogens is 167 g/mol. The standard InChI is InChI=1S/C13H27B/c1-4-6-8-10-12-13(3,14)11-9-7-5-2/h4-12H2,1-3H3. The molecule has 0 aliphatic carbocycles. The van der Waals surface area contributed by atoms with Gasteiger partial charge in [0.25, 0.3) is 0 Å². The van der Waals surface area contributed by atoms with Crippen molar-refractivity contribution >= 4 is 7.85 Å². The second kappa shape index (κ2) is 8.38. The summed E-state index contributed by atoms with van der Waals surface area (Å²) in [6.07, 6.45) is 11.7. The molecule has 2 radical (unpaired) electrons. The third-order valence-electron chi connectivity index (χ3n) is 2.95. The summed E-state index contributed by atoms with van der Waals surface area (Å²) in [5.74, 6) is 0. The Morgan fingerprint density at radius 2 is 1.21 bits per heavy atom. The predicted octanol–water partition coefficient (Wildman–Crippen LogP) is 4.88. The first-order valence-corrected chi connectivity index (χ1v) is 6.41. The lowest BCUT2D eigenvalue weighted by Gasteiger charge is -2.25. The molecule has 0 saturated carbocycles. The van der Waals surface area contributed by atoms with Crippen LogP contribution in [0, 0.1) is 0 Å². The van der Waals surface area contributed by atoms with Crippen LogP contribution in [0.2, 0.25) is 5.31 Å². The average molecular weight is 194 g/mol. The normalized spacial score (nSPS) is 15.4. The van der Waals surface area contributed by atoms with Gasteiger partial charge in [0.2, 0.25) is 0 Å². The molecule has 0 aliphatic heterocycles. The zero-order chi connectivity index (χ0) is 10.9. The van der Waals surface area contributed by atoms with E-state index in [1.54, 1.807) is 0 Å². The van der Waals surface area contributed by atoms with Gasteiger partial charge >= 0.3 is 0 Å². The van der Waals surface area contributed by atoms with Crippen LogP contribution in [0.15, 0.2) is 0 Å². The van der Waals surface area contributed by atoms with Gasteiger partial charge in [0.1, 0.15) is 0 Å². The molecule has 0 aromatic carbocycles. The lowest BCUT2D eigenvalue weighted by atomic mass is 9.64. The quantitative estimate of drug-likeness (QED) is 0.362. The number of unbranched alkanes of at least 4 members (excludes halogenated alkanes) is 5. The highest BCUT2D eigenvalue weighted by Gasteiger charge is 2.15. The summed E-state index contributed by atoms with van der Waals surface area (Å²) in [4.78, 5) is 0. The van der Waals surface area contributed by atoms with E-state index in [9.17, 15) is 0 Å². The van der Waals surface area contributed by atoms with E-state index in [0.717, 1.165) is 0 Å². The third kappa shape index (κ3) is 8.65. The van der Waals surface area contributed by atoms with Gasteiger partial charge < -0.3 is 0 Å².